The molecule has 0 aromatic carbocycles. The second kappa shape index (κ2) is 6.76. The molecule has 0 aromatic heterocycles. The summed E-state index contributed by atoms with van der Waals surface area (Å²) in [6.07, 6.45) is 6.86. The van der Waals surface area contributed by atoms with Gasteiger partial charge in [-0.25, -0.2) is 0 Å². The van der Waals surface area contributed by atoms with E-state index in [9.17, 15) is 0 Å². The van der Waals surface area contributed by atoms with Gasteiger partial charge in [0, 0.05) is 19.3 Å². The highest BCUT2D eigenvalue weighted by Gasteiger charge is 2.11. The van der Waals surface area contributed by atoms with Gasteiger partial charge in [-0.05, 0) is 25.3 Å². The molecule has 1 heteroatoms. The second-order valence-corrected chi connectivity index (χ2v) is 3.09. The molecule has 0 bridgehead atoms. The molecule has 1 aliphatic heterocycles. The van der Waals surface area contributed by atoms with E-state index in [1.54, 1.807) is 0 Å². The third-order valence-electron chi connectivity index (χ3n) is 2.31. The number of rotatable bonds is 2. The number of hydrogen-bond acceptors (Lipinski definition) is 1. The SMILES string of the molecule is CC.CC/C=C\C1=C(C)N(C)CC1. The fourth-order valence-electron chi connectivity index (χ4n) is 1.35. The van der Waals surface area contributed by atoms with E-state index in [0.717, 1.165) is 6.42 Å². The smallest absolute Gasteiger partial charge is 0.0212 e. The van der Waals surface area contributed by atoms with Crippen LogP contribution in [0.5, 0.6) is 0 Å². The van der Waals surface area contributed by atoms with Crippen molar-refractivity contribution in [3.05, 3.63) is 23.4 Å². The van der Waals surface area contributed by atoms with Crippen molar-refractivity contribution < 1.29 is 0 Å². The van der Waals surface area contributed by atoms with E-state index in [2.05, 4.69) is 37.9 Å². The Kier molecular flexibility index (Phi) is 6.38. The summed E-state index contributed by atoms with van der Waals surface area (Å²) in [4.78, 5) is 2.31. The molecule has 0 saturated carbocycles. The molecule has 0 aliphatic carbocycles. The van der Waals surface area contributed by atoms with Crippen molar-refractivity contribution in [1.29, 1.82) is 0 Å². The van der Waals surface area contributed by atoms with E-state index < -0.39 is 0 Å². The van der Waals surface area contributed by atoms with Crippen LogP contribution in [0.3, 0.4) is 0 Å². The standard InChI is InChI=1S/C10H17N.C2H6/c1-4-5-6-10-7-8-11(3)9(10)2;1-2/h5-6H,4,7-8H2,1-3H3;1-2H3/b6-5-;. The molecule has 0 aromatic rings. The fraction of sp³-hybridized carbons (Fsp3) is 0.667. The van der Waals surface area contributed by atoms with Gasteiger partial charge in [0.1, 0.15) is 0 Å². The van der Waals surface area contributed by atoms with Crippen LogP contribution in [0.15, 0.2) is 23.4 Å². The maximum Gasteiger partial charge on any atom is 0.0212 e. The zero-order valence-corrected chi connectivity index (χ0v) is 9.72. The first-order valence-corrected chi connectivity index (χ1v) is 5.33. The van der Waals surface area contributed by atoms with Crippen LogP contribution >= 0.6 is 0 Å². The molecule has 0 N–H and O–H groups in total. The zero-order chi connectivity index (χ0) is 10.3. The fourth-order valence-corrected chi connectivity index (χ4v) is 1.35. The van der Waals surface area contributed by atoms with Crippen molar-refractivity contribution in [2.45, 2.75) is 40.5 Å². The van der Waals surface area contributed by atoms with E-state index in [1.165, 1.54) is 24.2 Å². The first-order valence-electron chi connectivity index (χ1n) is 5.33. The normalized spacial score (nSPS) is 16.5. The molecule has 0 saturated heterocycles. The van der Waals surface area contributed by atoms with E-state index in [0.29, 0.717) is 0 Å². The minimum absolute atomic E-state index is 1.14. The Bertz CT molecular complexity index is 189. The van der Waals surface area contributed by atoms with Gasteiger partial charge < -0.3 is 4.90 Å². The predicted molar refractivity (Wildman–Crippen MR) is 60.7 cm³/mol. The summed E-state index contributed by atoms with van der Waals surface area (Å²) < 4.78 is 0. The number of allylic oxidation sites excluding steroid dienone is 3. The van der Waals surface area contributed by atoms with Crippen molar-refractivity contribution in [1.82, 2.24) is 4.90 Å². The zero-order valence-electron chi connectivity index (χ0n) is 9.72. The number of hydrogen-bond donors (Lipinski definition) is 0. The largest absolute Gasteiger partial charge is 0.378 e. The molecule has 1 nitrogen and oxygen atoms in total. The topological polar surface area (TPSA) is 3.24 Å². The van der Waals surface area contributed by atoms with Gasteiger partial charge in [0.2, 0.25) is 0 Å². The molecule has 1 rings (SSSR count). The molecule has 0 unspecified atom stereocenters. The summed E-state index contributed by atoms with van der Waals surface area (Å²) in [5, 5.41) is 0. The third-order valence-corrected chi connectivity index (χ3v) is 2.31. The van der Waals surface area contributed by atoms with E-state index >= 15 is 0 Å². The first kappa shape index (κ1) is 12.3. The molecular weight excluding hydrogens is 158 g/mol. The van der Waals surface area contributed by atoms with Gasteiger partial charge in [-0.1, -0.05) is 32.9 Å². The molecule has 0 amide bonds. The molecule has 1 heterocycles. The van der Waals surface area contributed by atoms with E-state index in [-0.39, 0.29) is 0 Å². The molecule has 0 fully saturated rings. The Morgan fingerprint density at radius 2 is 2.00 bits per heavy atom. The molecule has 0 radical (unpaired) electrons. The second-order valence-electron chi connectivity index (χ2n) is 3.09. The summed E-state index contributed by atoms with van der Waals surface area (Å²) in [5.74, 6) is 0. The lowest BCUT2D eigenvalue weighted by atomic mass is 10.2. The summed E-state index contributed by atoms with van der Waals surface area (Å²) in [6, 6.07) is 0. The summed E-state index contributed by atoms with van der Waals surface area (Å²) in [7, 11) is 2.15. The van der Waals surface area contributed by atoms with Crippen molar-refractivity contribution in [3.63, 3.8) is 0 Å². The van der Waals surface area contributed by atoms with Crippen LogP contribution in [-0.2, 0) is 0 Å². The molecule has 0 atom stereocenters. The Morgan fingerprint density at radius 3 is 2.38 bits per heavy atom. The minimum atomic E-state index is 1.14. The van der Waals surface area contributed by atoms with Gasteiger partial charge in [0.15, 0.2) is 0 Å². The summed E-state index contributed by atoms with van der Waals surface area (Å²) >= 11 is 0. The quantitative estimate of drug-likeness (QED) is 0.629. The predicted octanol–water partition coefficient (Wildman–Crippen LogP) is 3.59. The monoisotopic (exact) mass is 181 g/mol. The minimum Gasteiger partial charge on any atom is -0.378 e. The Labute approximate surface area is 83.1 Å². The van der Waals surface area contributed by atoms with Crippen LogP contribution in [0, 0.1) is 0 Å². The number of nitrogens with zero attached hydrogens (tertiary/aromatic N) is 1. The van der Waals surface area contributed by atoms with Gasteiger partial charge in [0.05, 0.1) is 0 Å². The Balaban J connectivity index is 0.000000671. The van der Waals surface area contributed by atoms with Crippen molar-refractivity contribution in [2.75, 3.05) is 13.6 Å². The highest BCUT2D eigenvalue weighted by molar-refractivity contribution is 5.27. The molecule has 76 valence electrons. The molecule has 1 aliphatic rings. The van der Waals surface area contributed by atoms with Crippen molar-refractivity contribution in [3.8, 4) is 0 Å². The van der Waals surface area contributed by atoms with E-state index in [1.807, 2.05) is 13.8 Å². The van der Waals surface area contributed by atoms with Gasteiger partial charge in [-0.15, -0.1) is 0 Å². The van der Waals surface area contributed by atoms with Gasteiger partial charge in [0.25, 0.3) is 0 Å². The molecule has 0 spiro atoms. The average Bonchev–Trinajstić information content (AvgIpc) is 2.48. The average molecular weight is 181 g/mol. The van der Waals surface area contributed by atoms with Crippen LogP contribution in [0.1, 0.15) is 40.5 Å². The van der Waals surface area contributed by atoms with Crippen LogP contribution in [-0.4, -0.2) is 18.5 Å². The lowest BCUT2D eigenvalue weighted by Crippen LogP contribution is -2.10. The van der Waals surface area contributed by atoms with E-state index in [4.69, 9.17) is 0 Å². The van der Waals surface area contributed by atoms with Gasteiger partial charge >= 0.3 is 0 Å². The third kappa shape index (κ3) is 3.67. The highest BCUT2D eigenvalue weighted by Crippen LogP contribution is 2.21. The van der Waals surface area contributed by atoms with Crippen LogP contribution < -0.4 is 0 Å². The van der Waals surface area contributed by atoms with Crippen LogP contribution in [0.4, 0.5) is 0 Å². The lowest BCUT2D eigenvalue weighted by Gasteiger charge is -2.10. The van der Waals surface area contributed by atoms with Gasteiger partial charge in [-0.2, -0.15) is 0 Å². The van der Waals surface area contributed by atoms with Crippen LogP contribution in [0.25, 0.3) is 0 Å². The summed E-state index contributed by atoms with van der Waals surface area (Å²) in [5.41, 5.74) is 2.95. The Morgan fingerprint density at radius 1 is 1.38 bits per heavy atom. The maximum atomic E-state index is 2.31. The van der Waals surface area contributed by atoms with Crippen molar-refractivity contribution in [2.24, 2.45) is 0 Å². The highest BCUT2D eigenvalue weighted by atomic mass is 15.1. The van der Waals surface area contributed by atoms with Gasteiger partial charge in [-0.3, -0.25) is 0 Å². The van der Waals surface area contributed by atoms with Crippen LogP contribution in [0.2, 0.25) is 0 Å². The molecule has 13 heavy (non-hydrogen) atoms. The maximum absolute atomic E-state index is 2.31. The van der Waals surface area contributed by atoms with Crippen molar-refractivity contribution >= 4 is 0 Å². The lowest BCUT2D eigenvalue weighted by molar-refractivity contribution is 0.460. The summed E-state index contributed by atoms with van der Waals surface area (Å²) in [6.45, 7) is 9.56. The molecular formula is C12H23N. The first-order chi connectivity index (χ1) is 6.25. The Hall–Kier alpha value is -0.720.